The summed E-state index contributed by atoms with van der Waals surface area (Å²) in [6.07, 6.45) is 1.02. The number of anilines is 2. The predicted octanol–water partition coefficient (Wildman–Crippen LogP) is 2.34. The third-order valence-corrected chi connectivity index (χ3v) is 2.71. The van der Waals surface area contributed by atoms with Gasteiger partial charge in [0.05, 0.1) is 4.92 Å². The fraction of sp³-hybridized carbons (Fsp3) is 0.455. The third-order valence-electron chi connectivity index (χ3n) is 2.71. The molecule has 0 aromatic heterocycles. The van der Waals surface area contributed by atoms with Crippen LogP contribution in [-0.4, -0.2) is 11.5 Å². The van der Waals surface area contributed by atoms with Gasteiger partial charge in [-0.05, 0) is 18.1 Å². The lowest BCUT2D eigenvalue weighted by Gasteiger charge is -2.12. The van der Waals surface area contributed by atoms with E-state index in [1.807, 2.05) is 0 Å². The molecular weight excluding hydrogens is 220 g/mol. The lowest BCUT2D eigenvalue weighted by Crippen LogP contribution is -2.14. The number of hydrogen-bond donors (Lipinski definition) is 3. The maximum Gasteiger partial charge on any atom is 0.316 e. The van der Waals surface area contributed by atoms with E-state index in [-0.39, 0.29) is 5.69 Å². The Labute approximate surface area is 100 Å². The van der Waals surface area contributed by atoms with Gasteiger partial charge in [0.1, 0.15) is 11.4 Å². The Hall–Kier alpha value is -1.82. The fourth-order valence-electron chi connectivity index (χ4n) is 1.43. The average Bonchev–Trinajstić information content (AvgIpc) is 2.34. The minimum absolute atomic E-state index is 0.0155. The Morgan fingerprint density at radius 2 is 2.12 bits per heavy atom. The number of para-hydroxylation sites is 1. The van der Waals surface area contributed by atoms with Gasteiger partial charge in [-0.1, -0.05) is 26.3 Å². The minimum atomic E-state index is -0.436. The van der Waals surface area contributed by atoms with E-state index in [0.717, 1.165) is 6.42 Å². The van der Waals surface area contributed by atoms with E-state index in [9.17, 15) is 10.1 Å². The van der Waals surface area contributed by atoms with Crippen molar-refractivity contribution < 1.29 is 4.92 Å². The maximum atomic E-state index is 11.0. The summed E-state index contributed by atoms with van der Waals surface area (Å²) in [5.41, 5.74) is 3.12. The number of nitrogen functional groups attached to an aromatic ring is 1. The van der Waals surface area contributed by atoms with Crippen molar-refractivity contribution in [3.63, 3.8) is 0 Å². The highest BCUT2D eigenvalue weighted by atomic mass is 16.6. The highest BCUT2D eigenvalue weighted by molar-refractivity contribution is 5.75. The Morgan fingerprint density at radius 1 is 1.47 bits per heavy atom. The molecule has 0 aliphatic carbocycles. The number of nitrogens with two attached hydrogens (primary N) is 1. The number of nitrogens with zero attached hydrogens (tertiary/aromatic N) is 1. The van der Waals surface area contributed by atoms with Crippen molar-refractivity contribution in [1.29, 1.82) is 0 Å². The molecule has 94 valence electrons. The van der Waals surface area contributed by atoms with Crippen molar-refractivity contribution in [2.45, 2.75) is 20.3 Å². The molecule has 0 fully saturated rings. The number of benzene rings is 1. The molecule has 0 aliphatic heterocycles. The van der Waals surface area contributed by atoms with Gasteiger partial charge in [-0.25, -0.2) is 0 Å². The van der Waals surface area contributed by atoms with E-state index in [1.54, 1.807) is 18.2 Å². The zero-order valence-corrected chi connectivity index (χ0v) is 10.1. The number of nitro benzene ring substituents is 1. The Morgan fingerprint density at radius 3 is 2.65 bits per heavy atom. The quantitative estimate of drug-likeness (QED) is 0.402. The normalized spacial score (nSPS) is 11.9. The van der Waals surface area contributed by atoms with E-state index in [4.69, 9.17) is 5.84 Å². The summed E-state index contributed by atoms with van der Waals surface area (Å²) in [6.45, 7) is 4.87. The van der Waals surface area contributed by atoms with Gasteiger partial charge < -0.3 is 10.7 Å². The number of nitro groups is 1. The molecule has 1 unspecified atom stereocenters. The second-order valence-corrected chi connectivity index (χ2v) is 4.00. The fourth-order valence-corrected chi connectivity index (χ4v) is 1.43. The molecule has 0 bridgehead atoms. The molecule has 1 atom stereocenters. The van der Waals surface area contributed by atoms with Gasteiger partial charge in [-0.15, -0.1) is 0 Å². The van der Waals surface area contributed by atoms with Gasteiger partial charge in [0, 0.05) is 6.54 Å². The summed E-state index contributed by atoms with van der Waals surface area (Å²) < 4.78 is 0. The number of hydrazine groups is 1. The molecule has 0 saturated heterocycles. The van der Waals surface area contributed by atoms with Crippen molar-refractivity contribution in [3.8, 4) is 0 Å². The highest BCUT2D eigenvalue weighted by Gasteiger charge is 2.18. The van der Waals surface area contributed by atoms with Crippen molar-refractivity contribution >= 4 is 17.1 Å². The molecule has 6 nitrogen and oxygen atoms in total. The van der Waals surface area contributed by atoms with Crippen LogP contribution in [0.15, 0.2) is 18.2 Å². The second-order valence-electron chi connectivity index (χ2n) is 4.00. The second kappa shape index (κ2) is 6.05. The van der Waals surface area contributed by atoms with Crippen LogP contribution >= 0.6 is 0 Å². The maximum absolute atomic E-state index is 11.0. The molecule has 0 heterocycles. The van der Waals surface area contributed by atoms with Crippen LogP contribution in [0.3, 0.4) is 0 Å². The molecule has 1 aromatic rings. The number of nitrogens with one attached hydrogen (secondary N) is 2. The van der Waals surface area contributed by atoms with Gasteiger partial charge in [0.15, 0.2) is 0 Å². The summed E-state index contributed by atoms with van der Waals surface area (Å²) in [7, 11) is 0. The van der Waals surface area contributed by atoms with Gasteiger partial charge in [0.2, 0.25) is 0 Å². The van der Waals surface area contributed by atoms with Crippen LogP contribution in [0.1, 0.15) is 20.3 Å². The lowest BCUT2D eigenvalue weighted by molar-refractivity contribution is -0.383. The van der Waals surface area contributed by atoms with Gasteiger partial charge in [-0.2, -0.15) is 0 Å². The lowest BCUT2D eigenvalue weighted by atomic mass is 10.1. The summed E-state index contributed by atoms with van der Waals surface area (Å²) in [5.74, 6) is 5.72. The Bertz CT molecular complexity index is 395. The van der Waals surface area contributed by atoms with Gasteiger partial charge >= 0.3 is 5.69 Å². The molecule has 1 rings (SSSR count). The first-order valence-electron chi connectivity index (χ1n) is 5.58. The molecule has 1 aromatic carbocycles. The van der Waals surface area contributed by atoms with E-state index in [2.05, 4.69) is 24.6 Å². The van der Waals surface area contributed by atoms with Crippen LogP contribution < -0.4 is 16.6 Å². The van der Waals surface area contributed by atoms with Crippen molar-refractivity contribution in [2.24, 2.45) is 11.8 Å². The smallest absolute Gasteiger partial charge is 0.316 e. The molecule has 17 heavy (non-hydrogen) atoms. The highest BCUT2D eigenvalue weighted by Crippen LogP contribution is 2.32. The Balaban J connectivity index is 2.94. The molecule has 0 radical (unpaired) electrons. The van der Waals surface area contributed by atoms with Crippen molar-refractivity contribution in [2.75, 3.05) is 17.3 Å². The first-order valence-corrected chi connectivity index (χ1v) is 5.58. The third kappa shape index (κ3) is 3.32. The molecular formula is C11H18N4O2. The summed E-state index contributed by atoms with van der Waals surface area (Å²) in [5, 5.41) is 14.1. The predicted molar refractivity (Wildman–Crippen MR) is 68.9 cm³/mol. The summed E-state index contributed by atoms with van der Waals surface area (Å²) >= 11 is 0. The molecule has 6 heteroatoms. The van der Waals surface area contributed by atoms with Gasteiger partial charge in [-0.3, -0.25) is 16.0 Å². The average molecular weight is 238 g/mol. The van der Waals surface area contributed by atoms with Crippen LogP contribution in [-0.2, 0) is 0 Å². The van der Waals surface area contributed by atoms with Crippen LogP contribution in [0.5, 0.6) is 0 Å². The standard InChI is InChI=1S/C11H18N4O2/c1-3-8(2)7-13-9-5-4-6-10(14-12)11(9)15(16)17/h4-6,8,13-14H,3,7,12H2,1-2H3. The SMILES string of the molecule is CCC(C)CNc1cccc(NN)c1[N+](=O)[O-]. The molecule has 0 aliphatic rings. The van der Waals surface area contributed by atoms with Crippen LogP contribution in [0.25, 0.3) is 0 Å². The van der Waals surface area contributed by atoms with E-state index in [0.29, 0.717) is 23.8 Å². The van der Waals surface area contributed by atoms with Crippen molar-refractivity contribution in [1.82, 2.24) is 0 Å². The largest absolute Gasteiger partial charge is 0.379 e. The van der Waals surface area contributed by atoms with Crippen molar-refractivity contribution in [3.05, 3.63) is 28.3 Å². The number of rotatable bonds is 6. The summed E-state index contributed by atoms with van der Waals surface area (Å²) in [6, 6.07) is 4.98. The van der Waals surface area contributed by atoms with Crippen LogP contribution in [0.4, 0.5) is 17.1 Å². The first-order chi connectivity index (χ1) is 8.10. The zero-order valence-electron chi connectivity index (χ0n) is 10.1. The molecule has 0 spiro atoms. The van der Waals surface area contributed by atoms with E-state index < -0.39 is 4.92 Å². The zero-order chi connectivity index (χ0) is 12.8. The van der Waals surface area contributed by atoms with Gasteiger partial charge in [0.25, 0.3) is 0 Å². The summed E-state index contributed by atoms with van der Waals surface area (Å²) in [4.78, 5) is 10.5. The first kappa shape index (κ1) is 13.2. The Kier molecular flexibility index (Phi) is 4.71. The minimum Gasteiger partial charge on any atom is -0.379 e. The monoisotopic (exact) mass is 238 g/mol. The molecule has 4 N–H and O–H groups in total. The topological polar surface area (TPSA) is 93.2 Å². The van der Waals surface area contributed by atoms with E-state index in [1.165, 1.54) is 0 Å². The molecule has 0 amide bonds. The molecule has 0 saturated carbocycles. The van der Waals surface area contributed by atoms with Crippen LogP contribution in [0, 0.1) is 16.0 Å². The van der Waals surface area contributed by atoms with Crippen LogP contribution in [0.2, 0.25) is 0 Å². The number of hydrogen-bond acceptors (Lipinski definition) is 5. The van der Waals surface area contributed by atoms with E-state index >= 15 is 0 Å².